The number of carboxylic acids is 1. The minimum atomic E-state index is -1.10. The summed E-state index contributed by atoms with van der Waals surface area (Å²) in [5, 5.41) is 11.6. The molecular formula is C14H19NO5. The first-order valence-corrected chi connectivity index (χ1v) is 6.30. The Hall–Kier alpha value is -2.08. The van der Waals surface area contributed by atoms with Crippen molar-refractivity contribution in [2.45, 2.75) is 19.4 Å². The first-order valence-electron chi connectivity index (χ1n) is 6.30. The predicted molar refractivity (Wildman–Crippen MR) is 72.8 cm³/mol. The molecule has 0 aliphatic carbocycles. The van der Waals surface area contributed by atoms with Gasteiger partial charge in [-0.05, 0) is 18.6 Å². The summed E-state index contributed by atoms with van der Waals surface area (Å²) in [7, 11) is 1.52. The molecule has 1 aromatic rings. The first kappa shape index (κ1) is 16.0. The van der Waals surface area contributed by atoms with Crippen molar-refractivity contribution in [2.75, 3.05) is 20.3 Å². The average molecular weight is 281 g/mol. The molecule has 1 aromatic carbocycles. The standard InChI is InChI=1S/C14H19NO5/c1-3-20-9-13(16)15-11(14(17)18)8-10-6-4-5-7-12(10)19-2/h4-7,11H,3,8-9H2,1-2H3,(H,15,16)(H,17,18)/t11-/m0/s1. The highest BCUT2D eigenvalue weighted by Gasteiger charge is 2.21. The highest BCUT2D eigenvalue weighted by Crippen LogP contribution is 2.19. The summed E-state index contributed by atoms with van der Waals surface area (Å²) in [6.07, 6.45) is 0.150. The number of hydrogen-bond donors (Lipinski definition) is 2. The van der Waals surface area contributed by atoms with E-state index in [1.54, 1.807) is 31.2 Å². The molecule has 1 rings (SSSR count). The van der Waals surface area contributed by atoms with Gasteiger partial charge in [-0.1, -0.05) is 18.2 Å². The summed E-state index contributed by atoms with van der Waals surface area (Å²) in [5.41, 5.74) is 0.721. The van der Waals surface area contributed by atoms with Crippen LogP contribution in [-0.4, -0.2) is 43.3 Å². The summed E-state index contributed by atoms with van der Waals surface area (Å²) < 4.78 is 10.1. The summed E-state index contributed by atoms with van der Waals surface area (Å²) >= 11 is 0. The highest BCUT2D eigenvalue weighted by molar-refractivity contribution is 5.84. The molecule has 0 aliphatic rings. The zero-order valence-corrected chi connectivity index (χ0v) is 11.6. The monoisotopic (exact) mass is 281 g/mol. The van der Waals surface area contributed by atoms with E-state index in [4.69, 9.17) is 9.47 Å². The smallest absolute Gasteiger partial charge is 0.326 e. The van der Waals surface area contributed by atoms with E-state index in [9.17, 15) is 14.7 Å². The second-order valence-electron chi connectivity index (χ2n) is 4.11. The van der Waals surface area contributed by atoms with Crippen molar-refractivity contribution in [3.8, 4) is 5.75 Å². The van der Waals surface area contributed by atoms with Gasteiger partial charge in [0.2, 0.25) is 5.91 Å². The largest absolute Gasteiger partial charge is 0.496 e. The number of nitrogens with one attached hydrogen (secondary N) is 1. The van der Waals surface area contributed by atoms with Crippen LogP contribution >= 0.6 is 0 Å². The molecule has 0 bridgehead atoms. The Labute approximate surface area is 117 Å². The normalized spacial score (nSPS) is 11.7. The van der Waals surface area contributed by atoms with Gasteiger partial charge in [0.05, 0.1) is 7.11 Å². The van der Waals surface area contributed by atoms with Crippen LogP contribution in [0.1, 0.15) is 12.5 Å². The van der Waals surface area contributed by atoms with Gasteiger partial charge in [0, 0.05) is 13.0 Å². The molecule has 0 fully saturated rings. The van der Waals surface area contributed by atoms with E-state index in [0.717, 1.165) is 5.56 Å². The fourth-order valence-electron chi connectivity index (χ4n) is 1.72. The van der Waals surface area contributed by atoms with Crippen molar-refractivity contribution in [3.05, 3.63) is 29.8 Å². The minimum Gasteiger partial charge on any atom is -0.496 e. The lowest BCUT2D eigenvalue weighted by molar-refractivity contribution is -0.142. The van der Waals surface area contributed by atoms with Crippen molar-refractivity contribution in [2.24, 2.45) is 0 Å². The molecule has 0 heterocycles. The molecule has 0 spiro atoms. The second-order valence-corrected chi connectivity index (χ2v) is 4.11. The quantitative estimate of drug-likeness (QED) is 0.737. The third-order valence-corrected chi connectivity index (χ3v) is 2.69. The minimum absolute atomic E-state index is 0.147. The molecule has 1 amide bonds. The van der Waals surface area contributed by atoms with Crippen LogP contribution in [0.4, 0.5) is 0 Å². The van der Waals surface area contributed by atoms with E-state index >= 15 is 0 Å². The number of carbonyl (C=O) groups is 2. The van der Waals surface area contributed by atoms with Gasteiger partial charge in [0.25, 0.3) is 0 Å². The molecule has 110 valence electrons. The van der Waals surface area contributed by atoms with Crippen LogP contribution in [0.5, 0.6) is 5.75 Å². The number of carboxylic acid groups (broad SMARTS) is 1. The van der Waals surface area contributed by atoms with Gasteiger partial charge in [0.15, 0.2) is 0 Å². The van der Waals surface area contributed by atoms with Crippen LogP contribution in [0.3, 0.4) is 0 Å². The van der Waals surface area contributed by atoms with E-state index in [0.29, 0.717) is 12.4 Å². The Balaban J connectivity index is 2.72. The molecule has 0 saturated carbocycles. The van der Waals surface area contributed by atoms with Crippen molar-refractivity contribution in [1.29, 1.82) is 0 Å². The number of carbonyl (C=O) groups excluding carboxylic acids is 1. The van der Waals surface area contributed by atoms with Crippen LogP contribution < -0.4 is 10.1 Å². The van der Waals surface area contributed by atoms with Crippen molar-refractivity contribution < 1.29 is 24.2 Å². The molecule has 0 radical (unpaired) electrons. The van der Waals surface area contributed by atoms with Gasteiger partial charge in [-0.2, -0.15) is 0 Å². The fourth-order valence-corrected chi connectivity index (χ4v) is 1.72. The molecule has 0 aliphatic heterocycles. The predicted octanol–water partition coefficient (Wildman–Crippen LogP) is 0.844. The highest BCUT2D eigenvalue weighted by atomic mass is 16.5. The third-order valence-electron chi connectivity index (χ3n) is 2.69. The number of amides is 1. The lowest BCUT2D eigenvalue weighted by Gasteiger charge is -2.16. The van der Waals surface area contributed by atoms with Crippen LogP contribution in [0.2, 0.25) is 0 Å². The summed E-state index contributed by atoms with van der Waals surface area (Å²) in [4.78, 5) is 22.7. The third kappa shape index (κ3) is 4.89. The molecule has 0 unspecified atom stereocenters. The second kappa shape index (κ2) is 8.16. The molecule has 0 saturated heterocycles. The van der Waals surface area contributed by atoms with E-state index in [2.05, 4.69) is 5.32 Å². The fraction of sp³-hybridized carbons (Fsp3) is 0.429. The lowest BCUT2D eigenvalue weighted by Crippen LogP contribution is -2.43. The summed E-state index contributed by atoms with van der Waals surface area (Å²) in [6, 6.07) is 6.09. The molecule has 6 heteroatoms. The van der Waals surface area contributed by atoms with Crippen LogP contribution in [0.25, 0.3) is 0 Å². The number of rotatable bonds is 8. The summed E-state index contributed by atoms with van der Waals surface area (Å²) in [6.45, 7) is 2.01. The number of ether oxygens (including phenoxy) is 2. The lowest BCUT2D eigenvalue weighted by atomic mass is 10.0. The number of methoxy groups -OCH3 is 1. The Kier molecular flexibility index (Phi) is 6.52. The Morgan fingerprint density at radius 3 is 2.65 bits per heavy atom. The Bertz CT molecular complexity index is 461. The molecule has 0 aromatic heterocycles. The number of hydrogen-bond acceptors (Lipinski definition) is 4. The van der Waals surface area contributed by atoms with E-state index in [-0.39, 0.29) is 13.0 Å². The number of benzene rings is 1. The van der Waals surface area contributed by atoms with Crippen LogP contribution in [0.15, 0.2) is 24.3 Å². The zero-order valence-electron chi connectivity index (χ0n) is 11.6. The first-order chi connectivity index (χ1) is 9.58. The topological polar surface area (TPSA) is 84.9 Å². The van der Waals surface area contributed by atoms with Gasteiger partial charge in [0.1, 0.15) is 18.4 Å². The van der Waals surface area contributed by atoms with Crippen molar-refractivity contribution in [1.82, 2.24) is 5.32 Å². The van der Waals surface area contributed by atoms with Crippen molar-refractivity contribution >= 4 is 11.9 Å². The maximum Gasteiger partial charge on any atom is 0.326 e. The molecule has 20 heavy (non-hydrogen) atoms. The summed E-state index contributed by atoms with van der Waals surface area (Å²) in [5.74, 6) is -0.951. The SMILES string of the molecule is CCOCC(=O)N[C@@H](Cc1ccccc1OC)C(=O)O. The van der Waals surface area contributed by atoms with Crippen LogP contribution in [-0.2, 0) is 20.7 Å². The van der Waals surface area contributed by atoms with E-state index in [1.165, 1.54) is 7.11 Å². The maximum absolute atomic E-state index is 11.5. The van der Waals surface area contributed by atoms with E-state index in [1.807, 2.05) is 0 Å². The van der Waals surface area contributed by atoms with Crippen LogP contribution in [0, 0.1) is 0 Å². The maximum atomic E-state index is 11.5. The number of aliphatic carboxylic acids is 1. The van der Waals surface area contributed by atoms with Gasteiger partial charge in [-0.25, -0.2) is 4.79 Å². The van der Waals surface area contributed by atoms with Crippen molar-refractivity contribution in [3.63, 3.8) is 0 Å². The zero-order chi connectivity index (χ0) is 15.0. The average Bonchev–Trinajstić information content (AvgIpc) is 2.44. The van der Waals surface area contributed by atoms with Gasteiger partial charge in [-0.15, -0.1) is 0 Å². The Morgan fingerprint density at radius 1 is 1.35 bits per heavy atom. The molecule has 2 N–H and O–H groups in total. The van der Waals surface area contributed by atoms with E-state index < -0.39 is 17.9 Å². The Morgan fingerprint density at radius 2 is 2.05 bits per heavy atom. The van der Waals surface area contributed by atoms with Gasteiger partial charge in [-0.3, -0.25) is 4.79 Å². The number of para-hydroxylation sites is 1. The molecular weight excluding hydrogens is 262 g/mol. The van der Waals surface area contributed by atoms with Gasteiger partial charge >= 0.3 is 5.97 Å². The molecule has 1 atom stereocenters. The molecule has 6 nitrogen and oxygen atoms in total. The van der Waals surface area contributed by atoms with Gasteiger partial charge < -0.3 is 19.9 Å².